The van der Waals surface area contributed by atoms with Gasteiger partial charge in [0.05, 0.1) is 0 Å². The van der Waals surface area contributed by atoms with Crippen molar-refractivity contribution in [3.8, 4) is 0 Å². The number of rotatable bonds is 6. The maximum absolute atomic E-state index is 11.9. The summed E-state index contributed by atoms with van der Waals surface area (Å²) in [7, 11) is 0. The number of Topliss-reactive ketones (excluding diaryl/α,β-unsaturated/α-hetero) is 1. The highest BCUT2D eigenvalue weighted by molar-refractivity contribution is 5.80. The molecule has 0 spiro atoms. The van der Waals surface area contributed by atoms with E-state index in [2.05, 4.69) is 31.2 Å². The van der Waals surface area contributed by atoms with Crippen LogP contribution in [0.3, 0.4) is 0 Å². The lowest BCUT2D eigenvalue weighted by Gasteiger charge is -2.03. The highest BCUT2D eigenvalue weighted by Gasteiger charge is 2.04. The molecule has 0 saturated carbocycles. The highest BCUT2D eigenvalue weighted by Crippen LogP contribution is 2.09. The molecule has 0 aliphatic carbocycles. The molecule has 0 saturated heterocycles. The number of carbonyl (C=O) groups excluding carboxylic acids is 1. The molecule has 0 bridgehead atoms. The van der Waals surface area contributed by atoms with E-state index in [0.717, 1.165) is 18.4 Å². The lowest BCUT2D eigenvalue weighted by molar-refractivity contribution is -0.118. The quantitative estimate of drug-likeness (QED) is 0.755. The Morgan fingerprint density at radius 3 is 2.42 bits per heavy atom. The third kappa shape index (κ3) is 4.70. The normalized spacial score (nSPS) is 10.4. The van der Waals surface area contributed by atoms with Crippen LogP contribution in [0.25, 0.3) is 0 Å². The van der Waals surface area contributed by atoms with Gasteiger partial charge in [-0.05, 0) is 30.9 Å². The van der Waals surface area contributed by atoms with Crippen LogP contribution in [0.15, 0.2) is 54.6 Å². The molecular formula is C18H20O. The molecule has 1 heteroatoms. The summed E-state index contributed by atoms with van der Waals surface area (Å²) in [5, 5.41) is 0. The number of hydrogen-bond acceptors (Lipinski definition) is 1. The van der Waals surface area contributed by atoms with Crippen LogP contribution in [0.2, 0.25) is 0 Å². The van der Waals surface area contributed by atoms with E-state index in [9.17, 15) is 4.79 Å². The van der Waals surface area contributed by atoms with Gasteiger partial charge in [-0.25, -0.2) is 0 Å². The van der Waals surface area contributed by atoms with Crippen molar-refractivity contribution in [3.05, 3.63) is 71.3 Å². The number of carbonyl (C=O) groups is 1. The third-order valence-corrected chi connectivity index (χ3v) is 3.25. The first kappa shape index (κ1) is 13.5. The summed E-state index contributed by atoms with van der Waals surface area (Å²) in [6.45, 7) is 2.06. The summed E-state index contributed by atoms with van der Waals surface area (Å²) in [6, 6.07) is 18.5. The van der Waals surface area contributed by atoms with Crippen LogP contribution >= 0.6 is 0 Å². The molecule has 0 heterocycles. The van der Waals surface area contributed by atoms with Crippen molar-refractivity contribution in [2.75, 3.05) is 0 Å². The van der Waals surface area contributed by atoms with E-state index >= 15 is 0 Å². The van der Waals surface area contributed by atoms with Crippen LogP contribution in [0.4, 0.5) is 0 Å². The monoisotopic (exact) mass is 252 g/mol. The number of ketones is 1. The maximum Gasteiger partial charge on any atom is 0.137 e. The van der Waals surface area contributed by atoms with E-state index in [-0.39, 0.29) is 0 Å². The van der Waals surface area contributed by atoms with Gasteiger partial charge in [0.2, 0.25) is 0 Å². The SMILES string of the molecule is Cc1cccc(CC(=O)CCCc2ccccc2)c1. The number of hydrogen-bond donors (Lipinski definition) is 0. The molecule has 2 aromatic carbocycles. The smallest absolute Gasteiger partial charge is 0.137 e. The number of benzene rings is 2. The molecule has 98 valence electrons. The molecule has 0 N–H and O–H groups in total. The lowest BCUT2D eigenvalue weighted by atomic mass is 10.0. The van der Waals surface area contributed by atoms with Crippen LogP contribution in [0.1, 0.15) is 29.5 Å². The maximum atomic E-state index is 11.9. The molecule has 0 radical (unpaired) electrons. The van der Waals surface area contributed by atoms with Crippen LogP contribution in [-0.4, -0.2) is 5.78 Å². The fourth-order valence-electron chi connectivity index (χ4n) is 2.27. The molecule has 0 fully saturated rings. The van der Waals surface area contributed by atoms with Gasteiger partial charge in [0, 0.05) is 12.8 Å². The van der Waals surface area contributed by atoms with Gasteiger partial charge in [0.15, 0.2) is 0 Å². The van der Waals surface area contributed by atoms with Crippen molar-refractivity contribution in [2.24, 2.45) is 0 Å². The predicted octanol–water partition coefficient (Wildman–Crippen LogP) is 4.13. The zero-order chi connectivity index (χ0) is 13.5. The van der Waals surface area contributed by atoms with Crippen LogP contribution in [-0.2, 0) is 17.6 Å². The molecule has 2 rings (SSSR count). The second-order valence-corrected chi connectivity index (χ2v) is 5.04. The fraction of sp³-hybridized carbons (Fsp3) is 0.278. The summed E-state index contributed by atoms with van der Waals surface area (Å²) in [5.74, 6) is 0.335. The van der Waals surface area contributed by atoms with Crippen molar-refractivity contribution in [1.82, 2.24) is 0 Å². The first-order valence-electron chi connectivity index (χ1n) is 6.85. The molecule has 19 heavy (non-hydrogen) atoms. The minimum absolute atomic E-state index is 0.335. The minimum Gasteiger partial charge on any atom is -0.299 e. The Balaban J connectivity index is 1.76. The fourth-order valence-corrected chi connectivity index (χ4v) is 2.27. The molecule has 0 amide bonds. The summed E-state index contributed by atoms with van der Waals surface area (Å²) < 4.78 is 0. The van der Waals surface area contributed by atoms with Gasteiger partial charge in [-0.3, -0.25) is 4.79 Å². The van der Waals surface area contributed by atoms with Crippen LogP contribution in [0, 0.1) is 6.92 Å². The van der Waals surface area contributed by atoms with Crippen molar-refractivity contribution >= 4 is 5.78 Å². The Bertz CT molecular complexity index is 528. The minimum atomic E-state index is 0.335. The summed E-state index contributed by atoms with van der Waals surface area (Å²) >= 11 is 0. The van der Waals surface area contributed by atoms with E-state index in [1.54, 1.807) is 0 Å². The van der Waals surface area contributed by atoms with Gasteiger partial charge >= 0.3 is 0 Å². The first-order chi connectivity index (χ1) is 9.24. The molecule has 0 atom stereocenters. The van der Waals surface area contributed by atoms with Crippen molar-refractivity contribution in [1.29, 1.82) is 0 Å². The van der Waals surface area contributed by atoms with Crippen molar-refractivity contribution in [3.63, 3.8) is 0 Å². The van der Waals surface area contributed by atoms with Crippen molar-refractivity contribution < 1.29 is 4.79 Å². The van der Waals surface area contributed by atoms with Gasteiger partial charge in [0.25, 0.3) is 0 Å². The second kappa shape index (κ2) is 6.89. The van der Waals surface area contributed by atoms with Crippen LogP contribution in [0.5, 0.6) is 0 Å². The standard InChI is InChI=1S/C18H20O/c1-15-7-5-11-17(13-15)14-18(19)12-6-10-16-8-3-2-4-9-16/h2-5,7-9,11,13H,6,10,12,14H2,1H3. The highest BCUT2D eigenvalue weighted by atomic mass is 16.1. The molecule has 0 unspecified atom stereocenters. The summed E-state index contributed by atoms with van der Waals surface area (Å²) in [4.78, 5) is 11.9. The third-order valence-electron chi connectivity index (χ3n) is 3.25. The van der Waals surface area contributed by atoms with Gasteiger partial charge < -0.3 is 0 Å². The van der Waals surface area contributed by atoms with Gasteiger partial charge in [-0.15, -0.1) is 0 Å². The van der Waals surface area contributed by atoms with E-state index in [1.165, 1.54) is 11.1 Å². The van der Waals surface area contributed by atoms with E-state index in [0.29, 0.717) is 18.6 Å². The zero-order valence-corrected chi connectivity index (χ0v) is 11.4. The lowest BCUT2D eigenvalue weighted by Crippen LogP contribution is -2.03. The van der Waals surface area contributed by atoms with Crippen molar-refractivity contribution in [2.45, 2.75) is 32.6 Å². The first-order valence-corrected chi connectivity index (χ1v) is 6.85. The van der Waals surface area contributed by atoms with E-state index in [4.69, 9.17) is 0 Å². The molecule has 0 aliphatic heterocycles. The Labute approximate surface area is 115 Å². The second-order valence-electron chi connectivity index (χ2n) is 5.04. The molecular weight excluding hydrogens is 232 g/mol. The Kier molecular flexibility index (Phi) is 4.91. The largest absolute Gasteiger partial charge is 0.299 e. The molecule has 2 aromatic rings. The Hall–Kier alpha value is -1.89. The summed E-state index contributed by atoms with van der Waals surface area (Å²) in [6.07, 6.45) is 3.16. The average Bonchev–Trinajstić information content (AvgIpc) is 2.40. The van der Waals surface area contributed by atoms with Gasteiger partial charge in [0.1, 0.15) is 5.78 Å². The molecule has 0 aromatic heterocycles. The topological polar surface area (TPSA) is 17.1 Å². The van der Waals surface area contributed by atoms with Crippen LogP contribution < -0.4 is 0 Å². The van der Waals surface area contributed by atoms with E-state index in [1.807, 2.05) is 30.3 Å². The predicted molar refractivity (Wildman–Crippen MR) is 79.3 cm³/mol. The number of aryl methyl sites for hydroxylation is 2. The molecule has 1 nitrogen and oxygen atoms in total. The van der Waals surface area contributed by atoms with Gasteiger partial charge in [-0.1, -0.05) is 60.2 Å². The van der Waals surface area contributed by atoms with Gasteiger partial charge in [-0.2, -0.15) is 0 Å². The zero-order valence-electron chi connectivity index (χ0n) is 11.4. The summed E-state index contributed by atoms with van der Waals surface area (Å²) in [5.41, 5.74) is 3.66. The van der Waals surface area contributed by atoms with E-state index < -0.39 is 0 Å². The Morgan fingerprint density at radius 1 is 0.947 bits per heavy atom. The average molecular weight is 252 g/mol. The Morgan fingerprint density at radius 2 is 1.68 bits per heavy atom. The molecule has 0 aliphatic rings.